The molecule has 1 aliphatic rings. The average molecular weight is 230 g/mol. The molecular formula is C10H18N2O4. The lowest BCUT2D eigenvalue weighted by atomic mass is 10.1. The topological polar surface area (TPSA) is 67.9 Å². The summed E-state index contributed by atoms with van der Waals surface area (Å²) in [7, 11) is 1.60. The molecule has 0 aromatic rings. The quantitative estimate of drug-likeness (QED) is 0.514. The maximum Gasteiger partial charge on any atom is 0.325 e. The van der Waals surface area contributed by atoms with Crippen molar-refractivity contribution in [1.29, 1.82) is 0 Å². The van der Waals surface area contributed by atoms with E-state index in [9.17, 15) is 9.59 Å². The zero-order valence-electron chi connectivity index (χ0n) is 9.91. The van der Waals surface area contributed by atoms with E-state index in [2.05, 4.69) is 5.32 Å². The van der Waals surface area contributed by atoms with Gasteiger partial charge in [0.25, 0.3) is 5.91 Å². The Labute approximate surface area is 94.9 Å². The van der Waals surface area contributed by atoms with Gasteiger partial charge in [0, 0.05) is 13.7 Å². The van der Waals surface area contributed by atoms with Gasteiger partial charge in [0.1, 0.15) is 5.54 Å². The molecule has 0 atom stereocenters. The predicted octanol–water partition coefficient (Wildman–Crippen LogP) is -0.0202. The van der Waals surface area contributed by atoms with Crippen LogP contribution in [0.3, 0.4) is 0 Å². The van der Waals surface area contributed by atoms with Crippen molar-refractivity contribution in [2.75, 3.05) is 33.5 Å². The third-order valence-corrected chi connectivity index (χ3v) is 2.59. The van der Waals surface area contributed by atoms with Crippen molar-refractivity contribution < 1.29 is 19.1 Å². The van der Waals surface area contributed by atoms with Gasteiger partial charge in [-0.25, -0.2) is 4.79 Å². The molecule has 0 aliphatic carbocycles. The molecule has 0 aromatic heterocycles. The van der Waals surface area contributed by atoms with E-state index in [1.54, 1.807) is 21.0 Å². The summed E-state index contributed by atoms with van der Waals surface area (Å²) >= 11 is 0. The molecule has 0 saturated carbocycles. The van der Waals surface area contributed by atoms with Gasteiger partial charge in [-0.05, 0) is 13.8 Å². The van der Waals surface area contributed by atoms with Crippen LogP contribution in [0.2, 0.25) is 0 Å². The van der Waals surface area contributed by atoms with E-state index in [4.69, 9.17) is 9.47 Å². The van der Waals surface area contributed by atoms with Crippen LogP contribution in [0.15, 0.2) is 0 Å². The first-order chi connectivity index (χ1) is 7.50. The van der Waals surface area contributed by atoms with Crippen LogP contribution in [0.4, 0.5) is 4.79 Å². The first kappa shape index (κ1) is 12.9. The highest BCUT2D eigenvalue weighted by molar-refractivity contribution is 6.06. The third kappa shape index (κ3) is 2.70. The van der Waals surface area contributed by atoms with Crippen molar-refractivity contribution in [3.8, 4) is 0 Å². The molecule has 1 saturated heterocycles. The fourth-order valence-electron chi connectivity index (χ4n) is 1.48. The number of imide groups is 1. The molecular weight excluding hydrogens is 212 g/mol. The van der Waals surface area contributed by atoms with Gasteiger partial charge < -0.3 is 14.4 Å². The third-order valence-electron chi connectivity index (χ3n) is 2.59. The van der Waals surface area contributed by atoms with E-state index in [0.717, 1.165) is 0 Å². The lowest BCUT2D eigenvalue weighted by Gasteiger charge is -2.27. The molecule has 6 heteroatoms. The van der Waals surface area contributed by atoms with E-state index in [-0.39, 0.29) is 11.9 Å². The van der Waals surface area contributed by atoms with Gasteiger partial charge in [0.2, 0.25) is 0 Å². The van der Waals surface area contributed by atoms with Crippen molar-refractivity contribution in [1.82, 2.24) is 10.2 Å². The number of urea groups is 1. The number of carbonyl (C=O) groups is 2. The minimum absolute atomic E-state index is 0.269. The summed E-state index contributed by atoms with van der Waals surface area (Å²) < 4.78 is 10.1. The van der Waals surface area contributed by atoms with Gasteiger partial charge in [-0.1, -0.05) is 0 Å². The van der Waals surface area contributed by atoms with Crippen LogP contribution in [-0.4, -0.2) is 55.9 Å². The SMILES string of the molecule is COCCOCCN1C(=O)NC(=O)C1(C)C. The molecule has 1 aliphatic heterocycles. The van der Waals surface area contributed by atoms with Crippen LogP contribution in [0.25, 0.3) is 0 Å². The number of ether oxygens (including phenoxy) is 2. The largest absolute Gasteiger partial charge is 0.382 e. The number of carbonyl (C=O) groups excluding carboxylic acids is 2. The number of hydrogen-bond acceptors (Lipinski definition) is 4. The van der Waals surface area contributed by atoms with Crippen molar-refractivity contribution in [3.63, 3.8) is 0 Å². The Morgan fingerprint density at radius 3 is 2.44 bits per heavy atom. The lowest BCUT2D eigenvalue weighted by molar-refractivity contribution is -0.125. The normalized spacial score (nSPS) is 19.1. The maximum atomic E-state index is 11.4. The highest BCUT2D eigenvalue weighted by Gasteiger charge is 2.44. The molecule has 0 spiro atoms. The fraction of sp³-hybridized carbons (Fsp3) is 0.800. The zero-order valence-corrected chi connectivity index (χ0v) is 9.91. The average Bonchev–Trinajstić information content (AvgIpc) is 2.39. The van der Waals surface area contributed by atoms with Crippen molar-refractivity contribution >= 4 is 11.9 Å². The summed E-state index contributed by atoms with van der Waals surface area (Å²) in [5, 5.41) is 2.28. The van der Waals surface area contributed by atoms with Crippen LogP contribution < -0.4 is 5.32 Å². The summed E-state index contributed by atoms with van der Waals surface area (Å²) in [6.07, 6.45) is 0. The first-order valence-electron chi connectivity index (χ1n) is 5.20. The zero-order chi connectivity index (χ0) is 12.2. The van der Waals surface area contributed by atoms with E-state index >= 15 is 0 Å². The van der Waals surface area contributed by atoms with E-state index < -0.39 is 5.54 Å². The van der Waals surface area contributed by atoms with E-state index in [1.165, 1.54) is 4.90 Å². The molecule has 1 rings (SSSR count). The van der Waals surface area contributed by atoms with Crippen LogP contribution in [-0.2, 0) is 14.3 Å². The minimum Gasteiger partial charge on any atom is -0.382 e. The molecule has 92 valence electrons. The number of methoxy groups -OCH3 is 1. The molecule has 0 unspecified atom stereocenters. The molecule has 0 aromatic carbocycles. The van der Waals surface area contributed by atoms with Crippen LogP contribution in [0.1, 0.15) is 13.8 Å². The Morgan fingerprint density at radius 2 is 1.94 bits per heavy atom. The highest BCUT2D eigenvalue weighted by Crippen LogP contribution is 2.19. The van der Waals surface area contributed by atoms with Gasteiger partial charge in [-0.3, -0.25) is 10.1 Å². The van der Waals surface area contributed by atoms with Gasteiger partial charge in [0.15, 0.2) is 0 Å². The second-order valence-corrected chi connectivity index (χ2v) is 4.08. The Kier molecular flexibility index (Phi) is 4.26. The van der Waals surface area contributed by atoms with Crippen LogP contribution in [0.5, 0.6) is 0 Å². The van der Waals surface area contributed by atoms with E-state index in [0.29, 0.717) is 26.4 Å². The minimum atomic E-state index is -0.790. The van der Waals surface area contributed by atoms with Crippen LogP contribution in [0, 0.1) is 0 Å². The number of amides is 3. The second-order valence-electron chi connectivity index (χ2n) is 4.08. The molecule has 1 fully saturated rings. The smallest absolute Gasteiger partial charge is 0.325 e. The Bertz CT molecular complexity index is 278. The van der Waals surface area contributed by atoms with Gasteiger partial charge in [-0.2, -0.15) is 0 Å². The summed E-state index contributed by atoms with van der Waals surface area (Å²) in [4.78, 5) is 24.3. The van der Waals surface area contributed by atoms with Gasteiger partial charge >= 0.3 is 6.03 Å². The van der Waals surface area contributed by atoms with Gasteiger partial charge in [0.05, 0.1) is 19.8 Å². The molecule has 3 amide bonds. The second kappa shape index (κ2) is 5.27. The Hall–Kier alpha value is -1.14. The monoisotopic (exact) mass is 230 g/mol. The highest BCUT2D eigenvalue weighted by atomic mass is 16.5. The van der Waals surface area contributed by atoms with E-state index in [1.807, 2.05) is 0 Å². The number of hydrogen-bond donors (Lipinski definition) is 1. The first-order valence-corrected chi connectivity index (χ1v) is 5.20. The van der Waals surface area contributed by atoms with Crippen LogP contribution >= 0.6 is 0 Å². The van der Waals surface area contributed by atoms with Crippen molar-refractivity contribution in [2.24, 2.45) is 0 Å². The summed E-state index contributed by atoms with van der Waals surface area (Å²) in [5.41, 5.74) is -0.790. The fourth-order valence-corrected chi connectivity index (χ4v) is 1.48. The number of nitrogens with zero attached hydrogens (tertiary/aromatic N) is 1. The standard InChI is InChI=1S/C10H18N2O4/c1-10(2)8(13)11-9(14)12(10)4-5-16-7-6-15-3/h4-7H2,1-3H3,(H,11,13,14). The maximum absolute atomic E-state index is 11.4. The molecule has 1 heterocycles. The van der Waals surface area contributed by atoms with Crippen molar-refractivity contribution in [3.05, 3.63) is 0 Å². The molecule has 6 nitrogen and oxygen atoms in total. The number of nitrogens with one attached hydrogen (secondary N) is 1. The summed E-state index contributed by atoms with van der Waals surface area (Å²) in [6, 6.07) is -0.356. The van der Waals surface area contributed by atoms with Gasteiger partial charge in [-0.15, -0.1) is 0 Å². The number of rotatable bonds is 6. The lowest BCUT2D eigenvalue weighted by Crippen LogP contribution is -2.45. The molecule has 0 bridgehead atoms. The molecule has 16 heavy (non-hydrogen) atoms. The predicted molar refractivity (Wildman–Crippen MR) is 57.0 cm³/mol. The Morgan fingerprint density at radius 1 is 1.25 bits per heavy atom. The van der Waals surface area contributed by atoms with Crippen molar-refractivity contribution in [2.45, 2.75) is 19.4 Å². The summed E-state index contributed by atoms with van der Waals surface area (Å²) in [6.45, 7) is 5.22. The Balaban J connectivity index is 2.36. The molecule has 0 radical (unpaired) electrons. The molecule has 1 N–H and O–H groups in total. The summed E-state index contributed by atoms with van der Waals surface area (Å²) in [5.74, 6) is -0.269.